The van der Waals surface area contributed by atoms with Crippen molar-refractivity contribution in [3.05, 3.63) is 18.0 Å². The second kappa shape index (κ2) is 3.75. The normalized spacial score (nSPS) is 9.75. The van der Waals surface area contributed by atoms with Gasteiger partial charge in [-0.3, -0.25) is 9.67 Å². The van der Waals surface area contributed by atoms with Gasteiger partial charge in [-0.1, -0.05) is 0 Å². The van der Waals surface area contributed by atoms with Crippen LogP contribution < -0.4 is 11.5 Å². The summed E-state index contributed by atoms with van der Waals surface area (Å²) in [5.74, 6) is 0.124. The maximum atomic E-state index is 5.16. The van der Waals surface area contributed by atoms with Crippen LogP contribution in [0, 0.1) is 6.92 Å². The van der Waals surface area contributed by atoms with Gasteiger partial charge in [0, 0.05) is 6.20 Å². The average Bonchev–Trinajstić information content (AvgIpc) is 2.35. The summed E-state index contributed by atoms with van der Waals surface area (Å²) >= 11 is 0. The second-order valence-electron chi connectivity index (χ2n) is 2.59. The molecule has 0 radical (unpaired) electrons. The van der Waals surface area contributed by atoms with Crippen LogP contribution >= 0.6 is 0 Å². The number of rotatable bonds is 3. The predicted molar refractivity (Wildman–Crippen MR) is 47.6 cm³/mol. The summed E-state index contributed by atoms with van der Waals surface area (Å²) in [6.45, 7) is 3.28. The first kappa shape index (κ1) is 8.58. The molecule has 1 aromatic heterocycles. The predicted octanol–water partition coefficient (Wildman–Crippen LogP) is -0.535. The van der Waals surface area contributed by atoms with Crippen LogP contribution in [0.3, 0.4) is 0 Å². The SMILES string of the molecule is Cc1cnn(CCN=C(N)N)c1. The van der Waals surface area contributed by atoms with Gasteiger partial charge in [0.25, 0.3) is 0 Å². The molecule has 0 aliphatic carbocycles. The van der Waals surface area contributed by atoms with Gasteiger partial charge in [0.05, 0.1) is 19.3 Å². The third kappa shape index (κ3) is 2.61. The first-order chi connectivity index (χ1) is 5.68. The van der Waals surface area contributed by atoms with Gasteiger partial charge in [-0.05, 0) is 12.5 Å². The molecule has 0 amide bonds. The standard InChI is InChI=1S/C7H13N5/c1-6-4-11-12(5-6)3-2-10-7(8)9/h4-5H,2-3H2,1H3,(H4,8,9,10). The van der Waals surface area contributed by atoms with Crippen molar-refractivity contribution in [3.63, 3.8) is 0 Å². The molecule has 12 heavy (non-hydrogen) atoms. The van der Waals surface area contributed by atoms with E-state index < -0.39 is 0 Å². The number of nitrogens with zero attached hydrogens (tertiary/aromatic N) is 3. The van der Waals surface area contributed by atoms with E-state index in [1.165, 1.54) is 0 Å². The highest BCUT2D eigenvalue weighted by molar-refractivity contribution is 5.75. The number of hydrogen-bond donors (Lipinski definition) is 2. The Morgan fingerprint density at radius 2 is 2.42 bits per heavy atom. The molecule has 0 unspecified atom stereocenters. The monoisotopic (exact) mass is 167 g/mol. The molecule has 0 aliphatic rings. The molecule has 0 aliphatic heterocycles. The molecule has 0 atom stereocenters. The zero-order valence-corrected chi connectivity index (χ0v) is 7.07. The highest BCUT2D eigenvalue weighted by Gasteiger charge is 1.91. The number of guanidine groups is 1. The van der Waals surface area contributed by atoms with Gasteiger partial charge in [-0.2, -0.15) is 5.10 Å². The van der Waals surface area contributed by atoms with Crippen molar-refractivity contribution < 1.29 is 0 Å². The van der Waals surface area contributed by atoms with Crippen molar-refractivity contribution in [3.8, 4) is 0 Å². The fourth-order valence-electron chi connectivity index (χ4n) is 0.871. The molecule has 0 bridgehead atoms. The summed E-state index contributed by atoms with van der Waals surface area (Å²) in [5.41, 5.74) is 11.5. The van der Waals surface area contributed by atoms with Gasteiger partial charge in [-0.15, -0.1) is 0 Å². The third-order valence-corrected chi connectivity index (χ3v) is 1.39. The lowest BCUT2D eigenvalue weighted by Gasteiger charge is -1.96. The van der Waals surface area contributed by atoms with E-state index in [-0.39, 0.29) is 5.96 Å². The lowest BCUT2D eigenvalue weighted by Crippen LogP contribution is -2.23. The topological polar surface area (TPSA) is 82.2 Å². The Morgan fingerprint density at radius 1 is 1.67 bits per heavy atom. The van der Waals surface area contributed by atoms with Crippen LogP contribution in [0.5, 0.6) is 0 Å². The van der Waals surface area contributed by atoms with Crippen LogP contribution in [0.2, 0.25) is 0 Å². The minimum absolute atomic E-state index is 0.124. The van der Waals surface area contributed by atoms with Gasteiger partial charge in [-0.25, -0.2) is 0 Å². The fraction of sp³-hybridized carbons (Fsp3) is 0.429. The molecule has 5 heteroatoms. The Balaban J connectivity index is 2.38. The molecular weight excluding hydrogens is 154 g/mol. The highest BCUT2D eigenvalue weighted by Crippen LogP contribution is 1.93. The molecule has 1 heterocycles. The summed E-state index contributed by atoms with van der Waals surface area (Å²) in [6, 6.07) is 0. The number of aromatic nitrogens is 2. The first-order valence-electron chi connectivity index (χ1n) is 3.73. The van der Waals surface area contributed by atoms with Gasteiger partial charge in [0.15, 0.2) is 5.96 Å². The lowest BCUT2D eigenvalue weighted by molar-refractivity contribution is 0.625. The number of aliphatic imine (C=N–C) groups is 1. The van der Waals surface area contributed by atoms with Crippen LogP contribution in [0.15, 0.2) is 17.4 Å². The van der Waals surface area contributed by atoms with Crippen molar-refractivity contribution in [2.75, 3.05) is 6.54 Å². The molecular formula is C7H13N5. The maximum absolute atomic E-state index is 5.16. The molecule has 1 rings (SSSR count). The van der Waals surface area contributed by atoms with Crippen molar-refractivity contribution in [1.29, 1.82) is 0 Å². The molecule has 1 aromatic rings. The Hall–Kier alpha value is -1.52. The van der Waals surface area contributed by atoms with Crippen LogP contribution in [0.25, 0.3) is 0 Å². The van der Waals surface area contributed by atoms with Crippen LogP contribution in [-0.2, 0) is 6.54 Å². The lowest BCUT2D eigenvalue weighted by atomic mass is 10.4. The van der Waals surface area contributed by atoms with E-state index >= 15 is 0 Å². The minimum Gasteiger partial charge on any atom is -0.370 e. The summed E-state index contributed by atoms with van der Waals surface area (Å²) in [7, 11) is 0. The molecule has 66 valence electrons. The molecule has 4 N–H and O–H groups in total. The quantitative estimate of drug-likeness (QED) is 0.468. The van der Waals surface area contributed by atoms with E-state index in [2.05, 4.69) is 10.1 Å². The molecule has 0 saturated carbocycles. The van der Waals surface area contributed by atoms with Crippen molar-refractivity contribution in [2.45, 2.75) is 13.5 Å². The van der Waals surface area contributed by atoms with E-state index in [4.69, 9.17) is 11.5 Å². The summed E-state index contributed by atoms with van der Waals surface area (Å²) in [5, 5.41) is 4.08. The van der Waals surface area contributed by atoms with Gasteiger partial charge in [0.1, 0.15) is 0 Å². The smallest absolute Gasteiger partial charge is 0.185 e. The van der Waals surface area contributed by atoms with Gasteiger partial charge < -0.3 is 11.5 Å². The summed E-state index contributed by atoms with van der Waals surface area (Å²) < 4.78 is 1.81. The average molecular weight is 167 g/mol. The van der Waals surface area contributed by atoms with Crippen LogP contribution in [0.4, 0.5) is 0 Å². The van der Waals surface area contributed by atoms with E-state index in [1.54, 1.807) is 6.20 Å². The molecule has 0 fully saturated rings. The van der Waals surface area contributed by atoms with Crippen molar-refractivity contribution in [1.82, 2.24) is 9.78 Å². The first-order valence-corrected chi connectivity index (χ1v) is 3.73. The number of nitrogens with two attached hydrogens (primary N) is 2. The Kier molecular flexibility index (Phi) is 2.68. The maximum Gasteiger partial charge on any atom is 0.185 e. The van der Waals surface area contributed by atoms with Crippen molar-refractivity contribution >= 4 is 5.96 Å². The number of aryl methyl sites for hydroxylation is 1. The Bertz CT molecular complexity index is 271. The van der Waals surface area contributed by atoms with Crippen LogP contribution in [-0.4, -0.2) is 22.3 Å². The zero-order chi connectivity index (χ0) is 8.97. The fourth-order valence-corrected chi connectivity index (χ4v) is 0.871. The van der Waals surface area contributed by atoms with Gasteiger partial charge >= 0.3 is 0 Å². The van der Waals surface area contributed by atoms with E-state index in [0.717, 1.165) is 5.56 Å². The third-order valence-electron chi connectivity index (χ3n) is 1.39. The van der Waals surface area contributed by atoms with Crippen LogP contribution in [0.1, 0.15) is 5.56 Å². The largest absolute Gasteiger partial charge is 0.370 e. The van der Waals surface area contributed by atoms with Gasteiger partial charge in [0.2, 0.25) is 0 Å². The number of hydrogen-bond acceptors (Lipinski definition) is 2. The van der Waals surface area contributed by atoms with E-state index in [1.807, 2.05) is 17.8 Å². The zero-order valence-electron chi connectivity index (χ0n) is 7.07. The molecule has 0 aromatic carbocycles. The highest BCUT2D eigenvalue weighted by atomic mass is 15.3. The summed E-state index contributed by atoms with van der Waals surface area (Å²) in [6.07, 6.45) is 3.75. The van der Waals surface area contributed by atoms with Crippen molar-refractivity contribution in [2.24, 2.45) is 16.5 Å². The summed E-state index contributed by atoms with van der Waals surface area (Å²) in [4.78, 5) is 3.84. The van der Waals surface area contributed by atoms with E-state index in [9.17, 15) is 0 Å². The molecule has 0 spiro atoms. The van der Waals surface area contributed by atoms with E-state index in [0.29, 0.717) is 13.1 Å². The Morgan fingerprint density at radius 3 is 2.92 bits per heavy atom. The molecule has 5 nitrogen and oxygen atoms in total. The minimum atomic E-state index is 0.124. The molecule has 0 saturated heterocycles. The Labute approximate surface area is 71.1 Å². The second-order valence-corrected chi connectivity index (χ2v) is 2.59.